The van der Waals surface area contributed by atoms with Gasteiger partial charge in [-0.3, -0.25) is 4.90 Å². The smallest absolute Gasteiger partial charge is 0.315 e. The fourth-order valence-corrected chi connectivity index (χ4v) is 3.29. The lowest BCUT2D eigenvalue weighted by Crippen LogP contribution is -2.41. The van der Waals surface area contributed by atoms with Gasteiger partial charge >= 0.3 is 6.03 Å². The van der Waals surface area contributed by atoms with E-state index in [0.717, 1.165) is 61.9 Å². The van der Waals surface area contributed by atoms with Gasteiger partial charge in [0.2, 0.25) is 5.89 Å². The van der Waals surface area contributed by atoms with Crippen molar-refractivity contribution in [1.29, 1.82) is 0 Å². The van der Waals surface area contributed by atoms with E-state index in [4.69, 9.17) is 4.42 Å². The number of urea groups is 1. The number of nitrogens with zero attached hydrogens (tertiary/aromatic N) is 3. The molecule has 0 atom stereocenters. The largest absolute Gasteiger partial charge is 0.444 e. The van der Waals surface area contributed by atoms with E-state index in [-0.39, 0.29) is 6.03 Å². The Bertz CT molecular complexity index is 709. The van der Waals surface area contributed by atoms with Crippen LogP contribution in [0.25, 0.3) is 0 Å². The number of aryl methyl sites for hydroxylation is 3. The summed E-state index contributed by atoms with van der Waals surface area (Å²) < 4.78 is 7.64. The van der Waals surface area contributed by atoms with Crippen LogP contribution < -0.4 is 10.6 Å². The predicted octanol–water partition coefficient (Wildman–Crippen LogP) is 2.34. The number of carbonyl (C=O) groups excluding carboxylic acids is 1. The van der Waals surface area contributed by atoms with Crippen LogP contribution in [0.1, 0.15) is 35.7 Å². The summed E-state index contributed by atoms with van der Waals surface area (Å²) in [5, 5.41) is 5.90. The first-order valence-electron chi connectivity index (χ1n) is 9.27. The Balaban J connectivity index is 1.32. The highest BCUT2D eigenvalue weighted by Gasteiger charge is 2.21. The molecule has 7 heteroatoms. The number of carbonyl (C=O) groups is 1. The Morgan fingerprint density at radius 2 is 2.08 bits per heavy atom. The monoisotopic (exact) mass is 359 g/mol. The molecule has 3 rings (SSSR count). The highest BCUT2D eigenvalue weighted by molar-refractivity contribution is 5.73. The molecule has 7 nitrogen and oxygen atoms in total. The van der Waals surface area contributed by atoms with E-state index >= 15 is 0 Å². The van der Waals surface area contributed by atoms with Crippen molar-refractivity contribution >= 4 is 6.03 Å². The van der Waals surface area contributed by atoms with Crippen molar-refractivity contribution in [1.82, 2.24) is 25.1 Å². The van der Waals surface area contributed by atoms with Crippen LogP contribution in [0.3, 0.4) is 0 Å². The summed E-state index contributed by atoms with van der Waals surface area (Å²) in [6.45, 7) is 8.00. The van der Waals surface area contributed by atoms with Crippen LogP contribution in [0.2, 0.25) is 0 Å². The first kappa shape index (κ1) is 18.5. The molecule has 1 aliphatic heterocycles. The minimum atomic E-state index is -0.0954. The highest BCUT2D eigenvalue weighted by atomic mass is 16.4. The molecule has 2 N–H and O–H groups in total. The van der Waals surface area contributed by atoms with Crippen LogP contribution in [-0.2, 0) is 20.1 Å². The summed E-state index contributed by atoms with van der Waals surface area (Å²) in [7, 11) is 1.97. The van der Waals surface area contributed by atoms with E-state index in [1.807, 2.05) is 43.9 Å². The number of hydrogen-bond donors (Lipinski definition) is 2. The third-order valence-corrected chi connectivity index (χ3v) is 5.04. The van der Waals surface area contributed by atoms with E-state index in [9.17, 15) is 4.79 Å². The molecule has 2 aromatic rings. The quantitative estimate of drug-likeness (QED) is 0.830. The number of nitrogens with one attached hydrogen (secondary N) is 2. The molecule has 0 aromatic carbocycles. The average Bonchev–Trinajstić information content (AvgIpc) is 3.17. The van der Waals surface area contributed by atoms with Gasteiger partial charge in [0, 0.05) is 32.5 Å². The Morgan fingerprint density at radius 1 is 1.31 bits per heavy atom. The maximum atomic E-state index is 11.9. The van der Waals surface area contributed by atoms with Crippen molar-refractivity contribution in [3.63, 3.8) is 0 Å². The molecule has 0 bridgehead atoms. The first-order valence-corrected chi connectivity index (χ1v) is 9.27. The van der Waals surface area contributed by atoms with Crippen LogP contribution in [0.15, 0.2) is 22.9 Å². The van der Waals surface area contributed by atoms with E-state index in [1.165, 1.54) is 0 Å². The summed E-state index contributed by atoms with van der Waals surface area (Å²) in [5.74, 6) is 2.24. The van der Waals surface area contributed by atoms with Crippen LogP contribution in [0, 0.1) is 19.8 Å². The van der Waals surface area contributed by atoms with Crippen molar-refractivity contribution in [2.45, 2.75) is 39.8 Å². The summed E-state index contributed by atoms with van der Waals surface area (Å²) >= 11 is 0. The molecule has 3 heterocycles. The third-order valence-electron chi connectivity index (χ3n) is 5.04. The van der Waals surface area contributed by atoms with Gasteiger partial charge in [-0.2, -0.15) is 0 Å². The normalized spacial score (nSPS) is 16.0. The van der Waals surface area contributed by atoms with Gasteiger partial charge in [-0.05, 0) is 57.3 Å². The van der Waals surface area contributed by atoms with Crippen LogP contribution in [-0.4, -0.2) is 40.1 Å². The van der Waals surface area contributed by atoms with Crippen LogP contribution in [0.4, 0.5) is 4.79 Å². The minimum absolute atomic E-state index is 0.0954. The Labute approximate surface area is 154 Å². The van der Waals surface area contributed by atoms with Crippen molar-refractivity contribution < 1.29 is 9.21 Å². The van der Waals surface area contributed by atoms with Gasteiger partial charge in [0.05, 0.1) is 12.2 Å². The third kappa shape index (κ3) is 5.11. The van der Waals surface area contributed by atoms with E-state index in [2.05, 4.69) is 20.5 Å². The molecule has 1 saturated heterocycles. The van der Waals surface area contributed by atoms with Gasteiger partial charge < -0.3 is 19.6 Å². The van der Waals surface area contributed by atoms with Gasteiger partial charge in [-0.25, -0.2) is 9.78 Å². The topological polar surface area (TPSA) is 75.3 Å². The second-order valence-electron chi connectivity index (χ2n) is 7.22. The predicted molar refractivity (Wildman–Crippen MR) is 99.6 cm³/mol. The number of likely N-dealkylation sites (tertiary alicyclic amines) is 1. The number of oxazole rings is 1. The minimum Gasteiger partial charge on any atom is -0.444 e. The standard InChI is InChI=1S/C19H29N5O2/c1-14-15(2)26-18(22-14)13-24-8-5-16(6-9-24)10-20-19(25)21-11-17-4-7-23(3)12-17/h4,7,12,16H,5-6,8-11,13H2,1-3H3,(H2,20,21,25). The van der Waals surface area contributed by atoms with Gasteiger partial charge in [0.25, 0.3) is 0 Å². The molecular formula is C19H29N5O2. The molecule has 0 radical (unpaired) electrons. The lowest BCUT2D eigenvalue weighted by atomic mass is 9.97. The van der Waals surface area contributed by atoms with Crippen molar-refractivity contribution in [3.05, 3.63) is 41.4 Å². The number of hydrogen-bond acceptors (Lipinski definition) is 4. The maximum absolute atomic E-state index is 11.9. The SMILES string of the molecule is Cc1nc(CN2CCC(CNC(=O)NCc3ccn(C)c3)CC2)oc1C. The van der Waals surface area contributed by atoms with Gasteiger partial charge in [0.15, 0.2) is 0 Å². The van der Waals surface area contributed by atoms with Gasteiger partial charge in [-0.15, -0.1) is 0 Å². The summed E-state index contributed by atoms with van der Waals surface area (Å²) in [6, 6.07) is 1.91. The van der Waals surface area contributed by atoms with E-state index < -0.39 is 0 Å². The molecule has 26 heavy (non-hydrogen) atoms. The summed E-state index contributed by atoms with van der Waals surface area (Å²) in [5.41, 5.74) is 2.08. The fourth-order valence-electron chi connectivity index (χ4n) is 3.29. The molecule has 0 spiro atoms. The molecule has 2 amide bonds. The first-order chi connectivity index (χ1) is 12.5. The molecule has 2 aromatic heterocycles. The number of amides is 2. The van der Waals surface area contributed by atoms with E-state index in [1.54, 1.807) is 0 Å². The lowest BCUT2D eigenvalue weighted by Gasteiger charge is -2.31. The fraction of sp³-hybridized carbons (Fsp3) is 0.579. The highest BCUT2D eigenvalue weighted by Crippen LogP contribution is 2.19. The Kier molecular flexibility index (Phi) is 5.98. The Hall–Kier alpha value is -2.28. The number of piperidine rings is 1. The van der Waals surface area contributed by atoms with Gasteiger partial charge in [-0.1, -0.05) is 0 Å². The molecule has 0 unspecified atom stereocenters. The molecule has 0 saturated carbocycles. The summed E-state index contributed by atoms with van der Waals surface area (Å²) in [6.07, 6.45) is 6.14. The number of rotatable bonds is 6. The second kappa shape index (κ2) is 8.40. The second-order valence-corrected chi connectivity index (χ2v) is 7.22. The zero-order chi connectivity index (χ0) is 18.5. The Morgan fingerprint density at radius 3 is 2.69 bits per heavy atom. The van der Waals surface area contributed by atoms with Crippen LogP contribution in [0.5, 0.6) is 0 Å². The summed E-state index contributed by atoms with van der Waals surface area (Å²) in [4.78, 5) is 18.8. The zero-order valence-corrected chi connectivity index (χ0v) is 15.9. The molecule has 0 aliphatic carbocycles. The molecular weight excluding hydrogens is 330 g/mol. The van der Waals surface area contributed by atoms with E-state index in [0.29, 0.717) is 12.5 Å². The van der Waals surface area contributed by atoms with Crippen molar-refractivity contribution in [2.75, 3.05) is 19.6 Å². The number of aromatic nitrogens is 2. The maximum Gasteiger partial charge on any atom is 0.315 e. The average molecular weight is 359 g/mol. The van der Waals surface area contributed by atoms with Crippen LogP contribution >= 0.6 is 0 Å². The zero-order valence-electron chi connectivity index (χ0n) is 15.9. The molecule has 1 fully saturated rings. The van der Waals surface area contributed by atoms with Crippen molar-refractivity contribution in [2.24, 2.45) is 13.0 Å². The molecule has 142 valence electrons. The van der Waals surface area contributed by atoms with Crippen molar-refractivity contribution in [3.8, 4) is 0 Å². The van der Waals surface area contributed by atoms with Gasteiger partial charge in [0.1, 0.15) is 5.76 Å². The molecule has 1 aliphatic rings. The lowest BCUT2D eigenvalue weighted by molar-refractivity contribution is 0.162.